The molecular weight excluding hydrogens is 430 g/mol. The molecule has 0 aliphatic carbocycles. The molecule has 0 N–H and O–H groups in total. The number of carbonyl (C=O) groups is 1. The van der Waals surface area contributed by atoms with E-state index in [1.165, 1.54) is 8.92 Å². The zero-order chi connectivity index (χ0) is 17.3. The van der Waals surface area contributed by atoms with Gasteiger partial charge in [-0.25, -0.2) is 0 Å². The Hall–Kier alpha value is -1.05. The molecule has 0 aromatic heterocycles. The summed E-state index contributed by atoms with van der Waals surface area (Å²) in [6.07, 6.45) is 3.06. The second-order valence-electron chi connectivity index (χ2n) is 5.41. The minimum atomic E-state index is -0.366. The van der Waals surface area contributed by atoms with Crippen molar-refractivity contribution in [1.82, 2.24) is 0 Å². The Morgan fingerprint density at radius 2 is 1.42 bits per heavy atom. The van der Waals surface area contributed by atoms with Gasteiger partial charge in [-0.3, -0.25) is 0 Å². The molecule has 2 aromatic carbocycles. The van der Waals surface area contributed by atoms with E-state index in [2.05, 4.69) is 55.5 Å². The van der Waals surface area contributed by atoms with E-state index in [-0.39, 0.29) is 39.1 Å². The summed E-state index contributed by atoms with van der Waals surface area (Å²) in [5, 5.41) is 0. The summed E-state index contributed by atoms with van der Waals surface area (Å²) in [5.41, 5.74) is 0. The molecule has 0 aliphatic rings. The molecule has 0 aliphatic heterocycles. The molecule has 0 amide bonds. The van der Waals surface area contributed by atoms with Crippen LogP contribution in [0.15, 0.2) is 60.7 Å². The van der Waals surface area contributed by atoms with Crippen LogP contribution in [0.25, 0.3) is 0 Å². The van der Waals surface area contributed by atoms with E-state index in [0.717, 1.165) is 19.3 Å². The zero-order valence-electron chi connectivity index (χ0n) is 14.2. The first-order chi connectivity index (χ1) is 11.7. The van der Waals surface area contributed by atoms with Gasteiger partial charge in [-0.05, 0) is 0 Å². The molecule has 0 radical (unpaired) electrons. The van der Waals surface area contributed by atoms with E-state index in [0.29, 0.717) is 6.61 Å². The summed E-state index contributed by atoms with van der Waals surface area (Å²) in [6.45, 7) is 4.52. The number of hydrogen-bond acceptors (Lipinski definition) is 2. The Balaban J connectivity index is 2.35. The molecule has 0 bridgehead atoms. The van der Waals surface area contributed by atoms with Crippen molar-refractivity contribution in [2.75, 3.05) is 6.61 Å². The van der Waals surface area contributed by atoms with Crippen molar-refractivity contribution in [3.05, 3.63) is 60.7 Å². The minimum absolute atomic E-state index is 0.00819. The van der Waals surface area contributed by atoms with Crippen molar-refractivity contribution in [1.29, 1.82) is 0 Å². The summed E-state index contributed by atoms with van der Waals surface area (Å²) in [4.78, 5) is 13.0. The van der Waals surface area contributed by atoms with E-state index in [1.807, 2.05) is 19.1 Å². The molecule has 128 valence electrons. The molecular formula is C20H24O2Se2. The summed E-state index contributed by atoms with van der Waals surface area (Å²) in [5.74, 6) is -0.00819. The first-order valence-corrected chi connectivity index (χ1v) is 11.8. The van der Waals surface area contributed by atoms with Crippen molar-refractivity contribution in [3.8, 4) is 0 Å². The fraction of sp³-hybridized carbons (Fsp3) is 0.350. The quantitative estimate of drug-likeness (QED) is 0.431. The van der Waals surface area contributed by atoms with Gasteiger partial charge in [0.15, 0.2) is 0 Å². The average molecular weight is 454 g/mol. The Kier molecular flexibility index (Phi) is 8.08. The van der Waals surface area contributed by atoms with Crippen molar-refractivity contribution in [2.24, 2.45) is 0 Å². The Bertz CT molecular complexity index is 573. The molecule has 0 heterocycles. The number of rotatable bonds is 9. The number of benzene rings is 2. The van der Waals surface area contributed by atoms with Gasteiger partial charge in [-0.15, -0.1) is 0 Å². The third-order valence-corrected chi connectivity index (χ3v) is 10.4. The van der Waals surface area contributed by atoms with Crippen LogP contribution in [0, 0.1) is 0 Å². The van der Waals surface area contributed by atoms with Crippen LogP contribution >= 0.6 is 0 Å². The molecule has 0 spiro atoms. The van der Waals surface area contributed by atoms with Crippen LogP contribution < -0.4 is 8.92 Å². The third-order valence-electron chi connectivity index (χ3n) is 3.50. The van der Waals surface area contributed by atoms with Gasteiger partial charge in [-0.2, -0.15) is 0 Å². The van der Waals surface area contributed by atoms with Gasteiger partial charge in [0.05, 0.1) is 0 Å². The standard InChI is InChI=1S/C20H24O2Se2/c1-3-5-16-20(19(21)22-4-2,23-17-12-8-6-9-13-17)24-18-14-10-7-11-15-18/h6-15H,3-5,16H2,1-2H3. The Labute approximate surface area is 157 Å². The zero-order valence-corrected chi connectivity index (χ0v) is 17.7. The van der Waals surface area contributed by atoms with Gasteiger partial charge < -0.3 is 0 Å². The number of unbranched alkanes of at least 4 members (excludes halogenated alkanes) is 1. The van der Waals surface area contributed by atoms with Gasteiger partial charge in [0.2, 0.25) is 0 Å². The molecule has 24 heavy (non-hydrogen) atoms. The summed E-state index contributed by atoms with van der Waals surface area (Å²) < 4.78 is 7.72. The maximum atomic E-state index is 13.0. The van der Waals surface area contributed by atoms with Crippen molar-refractivity contribution >= 4 is 44.8 Å². The van der Waals surface area contributed by atoms with E-state index in [9.17, 15) is 4.79 Å². The van der Waals surface area contributed by atoms with E-state index in [4.69, 9.17) is 4.74 Å². The van der Waals surface area contributed by atoms with Crippen LogP contribution in [-0.2, 0) is 9.53 Å². The fourth-order valence-corrected chi connectivity index (χ4v) is 9.42. The van der Waals surface area contributed by atoms with E-state index >= 15 is 0 Å². The van der Waals surface area contributed by atoms with Crippen LogP contribution in [0.2, 0.25) is 3.21 Å². The molecule has 0 saturated carbocycles. The molecule has 2 aromatic rings. The number of esters is 1. The molecule has 2 nitrogen and oxygen atoms in total. The Morgan fingerprint density at radius 3 is 1.83 bits per heavy atom. The van der Waals surface area contributed by atoms with Gasteiger partial charge in [0.1, 0.15) is 0 Å². The van der Waals surface area contributed by atoms with Gasteiger partial charge >= 0.3 is 158 Å². The van der Waals surface area contributed by atoms with Crippen molar-refractivity contribution < 1.29 is 9.53 Å². The van der Waals surface area contributed by atoms with Crippen molar-refractivity contribution in [3.63, 3.8) is 0 Å². The molecule has 2 rings (SSSR count). The van der Waals surface area contributed by atoms with Crippen molar-refractivity contribution in [2.45, 2.75) is 36.3 Å². The molecule has 0 fully saturated rings. The number of ether oxygens (including phenoxy) is 1. The Morgan fingerprint density at radius 1 is 0.917 bits per heavy atom. The van der Waals surface area contributed by atoms with E-state index < -0.39 is 0 Å². The molecule has 4 heteroatoms. The SMILES string of the molecule is CCCCC([Se]c1ccccc1)([Se]c1ccccc1)C(=O)OCC. The van der Waals surface area contributed by atoms with Crippen LogP contribution in [-0.4, -0.2) is 42.5 Å². The first-order valence-electron chi connectivity index (χ1n) is 8.35. The monoisotopic (exact) mass is 456 g/mol. The predicted molar refractivity (Wildman–Crippen MR) is 103 cm³/mol. The molecule has 0 unspecified atom stereocenters. The first kappa shape index (κ1) is 19.3. The third kappa shape index (κ3) is 5.50. The topological polar surface area (TPSA) is 26.3 Å². The molecule has 0 saturated heterocycles. The fourth-order valence-electron chi connectivity index (χ4n) is 2.32. The summed E-state index contributed by atoms with van der Waals surface area (Å²) in [6, 6.07) is 20.8. The molecule has 0 atom stereocenters. The van der Waals surface area contributed by atoms with Crippen LogP contribution in [0.4, 0.5) is 0 Å². The number of hydrogen-bond donors (Lipinski definition) is 0. The summed E-state index contributed by atoms with van der Waals surface area (Å²) >= 11 is 0.122. The predicted octanol–water partition coefficient (Wildman–Crippen LogP) is 2.92. The average Bonchev–Trinajstić information content (AvgIpc) is 2.61. The van der Waals surface area contributed by atoms with Crippen LogP contribution in [0.5, 0.6) is 0 Å². The van der Waals surface area contributed by atoms with Gasteiger partial charge in [0, 0.05) is 0 Å². The van der Waals surface area contributed by atoms with Crippen LogP contribution in [0.3, 0.4) is 0 Å². The van der Waals surface area contributed by atoms with Crippen LogP contribution in [0.1, 0.15) is 33.1 Å². The maximum absolute atomic E-state index is 13.0. The summed E-state index contributed by atoms with van der Waals surface area (Å²) in [7, 11) is 0. The number of carbonyl (C=O) groups excluding carboxylic acids is 1. The second kappa shape index (κ2) is 10.1. The van der Waals surface area contributed by atoms with E-state index in [1.54, 1.807) is 0 Å². The van der Waals surface area contributed by atoms with Gasteiger partial charge in [-0.1, -0.05) is 0 Å². The second-order valence-corrected chi connectivity index (χ2v) is 12.5. The normalized spacial score (nSPS) is 11.2. The van der Waals surface area contributed by atoms with Gasteiger partial charge in [0.25, 0.3) is 0 Å².